The highest BCUT2D eigenvalue weighted by atomic mass is 32.1. The molecular formula is C11H19N3O2S. The Kier molecular flexibility index (Phi) is 5.15. The van der Waals surface area contributed by atoms with Crippen LogP contribution >= 0.6 is 11.3 Å². The van der Waals surface area contributed by atoms with Gasteiger partial charge < -0.3 is 14.8 Å². The molecule has 0 aromatic carbocycles. The molecule has 1 aromatic rings. The molecule has 1 N–H and O–H groups in total. The third-order valence-electron chi connectivity index (χ3n) is 2.60. The zero-order valence-electron chi connectivity index (χ0n) is 10.1. The van der Waals surface area contributed by atoms with Crippen LogP contribution in [0.25, 0.3) is 0 Å². The number of rotatable bonds is 6. The molecule has 0 radical (unpaired) electrons. The van der Waals surface area contributed by atoms with Gasteiger partial charge in [-0.3, -0.25) is 0 Å². The van der Waals surface area contributed by atoms with E-state index in [9.17, 15) is 0 Å². The van der Waals surface area contributed by atoms with Gasteiger partial charge in [0.05, 0.1) is 6.10 Å². The quantitative estimate of drug-likeness (QED) is 0.845. The maximum absolute atomic E-state index is 5.79. The second kappa shape index (κ2) is 6.88. The SMILES string of the molecule is CCCNc1nnc(COC2CCOCC2)s1. The predicted molar refractivity (Wildman–Crippen MR) is 67.3 cm³/mol. The summed E-state index contributed by atoms with van der Waals surface area (Å²) in [4.78, 5) is 0. The maximum Gasteiger partial charge on any atom is 0.205 e. The first-order chi connectivity index (χ1) is 8.38. The van der Waals surface area contributed by atoms with Crippen molar-refractivity contribution in [2.45, 2.75) is 38.9 Å². The zero-order chi connectivity index (χ0) is 11.9. The van der Waals surface area contributed by atoms with E-state index < -0.39 is 0 Å². The van der Waals surface area contributed by atoms with E-state index in [0.717, 1.165) is 49.2 Å². The molecule has 6 heteroatoms. The highest BCUT2D eigenvalue weighted by Gasteiger charge is 2.15. The smallest absolute Gasteiger partial charge is 0.205 e. The number of nitrogens with zero attached hydrogens (tertiary/aromatic N) is 2. The van der Waals surface area contributed by atoms with Crippen molar-refractivity contribution in [2.75, 3.05) is 25.1 Å². The van der Waals surface area contributed by atoms with Gasteiger partial charge in [0.15, 0.2) is 0 Å². The van der Waals surface area contributed by atoms with Crippen molar-refractivity contribution in [2.24, 2.45) is 0 Å². The molecular weight excluding hydrogens is 238 g/mol. The van der Waals surface area contributed by atoms with E-state index in [2.05, 4.69) is 22.4 Å². The summed E-state index contributed by atoms with van der Waals surface area (Å²) in [6.07, 6.45) is 3.38. The number of hydrogen-bond donors (Lipinski definition) is 1. The van der Waals surface area contributed by atoms with Gasteiger partial charge in [-0.25, -0.2) is 0 Å². The summed E-state index contributed by atoms with van der Waals surface area (Å²) in [5.41, 5.74) is 0. The van der Waals surface area contributed by atoms with Crippen LogP contribution in [-0.4, -0.2) is 36.1 Å². The van der Waals surface area contributed by atoms with Gasteiger partial charge in [0.1, 0.15) is 11.6 Å². The molecule has 5 nitrogen and oxygen atoms in total. The number of nitrogens with one attached hydrogen (secondary N) is 1. The maximum atomic E-state index is 5.79. The van der Waals surface area contributed by atoms with Gasteiger partial charge in [-0.05, 0) is 19.3 Å². The summed E-state index contributed by atoms with van der Waals surface area (Å²) >= 11 is 1.57. The Morgan fingerprint density at radius 1 is 1.41 bits per heavy atom. The molecule has 96 valence electrons. The monoisotopic (exact) mass is 257 g/mol. The van der Waals surface area contributed by atoms with E-state index in [0.29, 0.717) is 12.7 Å². The summed E-state index contributed by atoms with van der Waals surface area (Å²) in [5, 5.41) is 13.2. The lowest BCUT2D eigenvalue weighted by Gasteiger charge is -2.21. The highest BCUT2D eigenvalue weighted by molar-refractivity contribution is 7.15. The summed E-state index contributed by atoms with van der Waals surface area (Å²) in [6.45, 7) is 5.25. The molecule has 17 heavy (non-hydrogen) atoms. The molecule has 1 aliphatic rings. The van der Waals surface area contributed by atoms with E-state index in [1.165, 1.54) is 0 Å². The molecule has 1 aliphatic heterocycles. The van der Waals surface area contributed by atoms with Crippen LogP contribution in [0.3, 0.4) is 0 Å². The van der Waals surface area contributed by atoms with Gasteiger partial charge in [0.2, 0.25) is 5.13 Å². The largest absolute Gasteiger partial charge is 0.381 e. The minimum atomic E-state index is 0.319. The van der Waals surface area contributed by atoms with Crippen molar-refractivity contribution in [3.63, 3.8) is 0 Å². The van der Waals surface area contributed by atoms with Gasteiger partial charge in [-0.1, -0.05) is 18.3 Å². The zero-order valence-corrected chi connectivity index (χ0v) is 11.0. The molecule has 0 aliphatic carbocycles. The van der Waals surface area contributed by atoms with E-state index in [-0.39, 0.29) is 0 Å². The minimum absolute atomic E-state index is 0.319. The molecule has 2 rings (SSSR count). The molecule has 0 atom stereocenters. The van der Waals surface area contributed by atoms with Crippen molar-refractivity contribution in [1.29, 1.82) is 0 Å². The number of ether oxygens (including phenoxy) is 2. The average molecular weight is 257 g/mol. The number of anilines is 1. The van der Waals surface area contributed by atoms with Gasteiger partial charge in [0.25, 0.3) is 0 Å². The third kappa shape index (κ3) is 4.22. The van der Waals surface area contributed by atoms with E-state index in [1.54, 1.807) is 11.3 Å². The highest BCUT2D eigenvalue weighted by Crippen LogP contribution is 2.18. The standard InChI is InChI=1S/C11H19N3O2S/c1-2-5-12-11-14-13-10(17-11)8-16-9-3-6-15-7-4-9/h9H,2-8H2,1H3,(H,12,14). The third-order valence-corrected chi connectivity index (χ3v) is 3.46. The number of hydrogen-bond acceptors (Lipinski definition) is 6. The van der Waals surface area contributed by atoms with Crippen LogP contribution in [0, 0.1) is 0 Å². The lowest BCUT2D eigenvalue weighted by Crippen LogP contribution is -2.23. The molecule has 0 saturated carbocycles. The second-order valence-electron chi connectivity index (χ2n) is 4.05. The van der Waals surface area contributed by atoms with Crippen LogP contribution in [0.5, 0.6) is 0 Å². The van der Waals surface area contributed by atoms with Gasteiger partial charge in [0, 0.05) is 19.8 Å². The Morgan fingerprint density at radius 2 is 2.24 bits per heavy atom. The van der Waals surface area contributed by atoms with E-state index >= 15 is 0 Å². The summed E-state index contributed by atoms with van der Waals surface area (Å²) in [6, 6.07) is 0. The fraction of sp³-hybridized carbons (Fsp3) is 0.818. The van der Waals surface area contributed by atoms with Crippen LogP contribution in [0.2, 0.25) is 0 Å². The Balaban J connectivity index is 1.72. The van der Waals surface area contributed by atoms with Crippen LogP contribution in [0.4, 0.5) is 5.13 Å². The van der Waals surface area contributed by atoms with Crippen molar-refractivity contribution in [1.82, 2.24) is 10.2 Å². The Labute approximate surface area is 106 Å². The first-order valence-electron chi connectivity index (χ1n) is 6.14. The first-order valence-corrected chi connectivity index (χ1v) is 6.95. The molecule has 0 amide bonds. The van der Waals surface area contributed by atoms with Crippen LogP contribution < -0.4 is 5.32 Å². The Hall–Kier alpha value is -0.720. The topological polar surface area (TPSA) is 56.3 Å². The molecule has 0 unspecified atom stereocenters. The van der Waals surface area contributed by atoms with Crippen molar-refractivity contribution in [3.8, 4) is 0 Å². The molecule has 0 spiro atoms. The summed E-state index contributed by atoms with van der Waals surface area (Å²) in [7, 11) is 0. The summed E-state index contributed by atoms with van der Waals surface area (Å²) in [5.74, 6) is 0. The van der Waals surface area contributed by atoms with Gasteiger partial charge >= 0.3 is 0 Å². The van der Waals surface area contributed by atoms with Crippen LogP contribution in [0.1, 0.15) is 31.2 Å². The van der Waals surface area contributed by atoms with E-state index in [4.69, 9.17) is 9.47 Å². The van der Waals surface area contributed by atoms with Crippen molar-refractivity contribution in [3.05, 3.63) is 5.01 Å². The predicted octanol–water partition coefficient (Wildman–Crippen LogP) is 2.06. The second-order valence-corrected chi connectivity index (χ2v) is 5.11. The normalized spacial score (nSPS) is 17.2. The molecule has 1 aromatic heterocycles. The fourth-order valence-corrected chi connectivity index (χ4v) is 2.33. The van der Waals surface area contributed by atoms with Crippen LogP contribution in [-0.2, 0) is 16.1 Å². The first kappa shape index (κ1) is 12.7. The minimum Gasteiger partial charge on any atom is -0.381 e. The van der Waals surface area contributed by atoms with E-state index in [1.807, 2.05) is 0 Å². The lowest BCUT2D eigenvalue weighted by atomic mass is 10.2. The Morgan fingerprint density at radius 3 is 3.00 bits per heavy atom. The molecule has 1 saturated heterocycles. The van der Waals surface area contributed by atoms with Gasteiger partial charge in [-0.15, -0.1) is 10.2 Å². The lowest BCUT2D eigenvalue weighted by molar-refractivity contribution is -0.0392. The Bertz CT molecular complexity index is 326. The molecule has 2 heterocycles. The van der Waals surface area contributed by atoms with Crippen molar-refractivity contribution >= 4 is 16.5 Å². The average Bonchev–Trinajstić information content (AvgIpc) is 2.83. The fourth-order valence-electron chi connectivity index (χ4n) is 1.65. The van der Waals surface area contributed by atoms with Crippen molar-refractivity contribution < 1.29 is 9.47 Å². The summed E-state index contributed by atoms with van der Waals surface area (Å²) < 4.78 is 11.1. The molecule has 1 fully saturated rings. The van der Waals surface area contributed by atoms with Gasteiger partial charge in [-0.2, -0.15) is 0 Å². The van der Waals surface area contributed by atoms with Crippen LogP contribution in [0.15, 0.2) is 0 Å². The number of aromatic nitrogens is 2. The molecule has 0 bridgehead atoms.